The average molecular weight is 637 g/mol. The number of ether oxygens (including phenoxy) is 2. The van der Waals surface area contributed by atoms with Gasteiger partial charge in [0.1, 0.15) is 0 Å². The van der Waals surface area contributed by atoms with E-state index in [9.17, 15) is 9.90 Å². The highest BCUT2D eigenvalue weighted by molar-refractivity contribution is 7.99. The molecule has 6 rings (SSSR count). The minimum atomic E-state index is -0.575. The highest BCUT2D eigenvalue weighted by Crippen LogP contribution is 2.40. The predicted octanol–water partition coefficient (Wildman–Crippen LogP) is 5.98. The van der Waals surface area contributed by atoms with Crippen LogP contribution in [0.4, 0.5) is 4.79 Å². The molecular formula is C35H36N6O4S. The van der Waals surface area contributed by atoms with E-state index in [0.717, 1.165) is 39.1 Å². The van der Waals surface area contributed by atoms with Crippen LogP contribution in [-0.4, -0.2) is 49.7 Å². The van der Waals surface area contributed by atoms with E-state index in [4.69, 9.17) is 9.47 Å². The van der Waals surface area contributed by atoms with Crippen LogP contribution in [0.15, 0.2) is 108 Å². The number of carbonyl (C=O) groups excluding carboxylic acids is 1. The number of para-hydroxylation sites is 1. The van der Waals surface area contributed by atoms with Gasteiger partial charge in [-0.15, -0.1) is 5.10 Å². The third kappa shape index (κ3) is 7.80. The van der Waals surface area contributed by atoms with Crippen LogP contribution in [0.25, 0.3) is 16.8 Å². The van der Waals surface area contributed by atoms with Gasteiger partial charge in [0.05, 0.1) is 24.5 Å². The molecule has 1 aromatic heterocycles. The van der Waals surface area contributed by atoms with Crippen LogP contribution in [0.2, 0.25) is 0 Å². The number of hydrogen-bond donors (Lipinski definition) is 3. The van der Waals surface area contributed by atoms with Gasteiger partial charge in [-0.1, -0.05) is 96.7 Å². The Morgan fingerprint density at radius 2 is 1.67 bits per heavy atom. The summed E-state index contributed by atoms with van der Waals surface area (Å²) in [6, 6.07) is 33.8. The van der Waals surface area contributed by atoms with E-state index in [1.807, 2.05) is 85.8 Å². The topological polar surface area (TPSA) is 123 Å². The largest absolute Gasteiger partial charge is 0.392 e. The van der Waals surface area contributed by atoms with Gasteiger partial charge in [0, 0.05) is 30.8 Å². The van der Waals surface area contributed by atoms with Crippen molar-refractivity contribution in [3.63, 3.8) is 0 Å². The Kier molecular flexibility index (Phi) is 10.4. The van der Waals surface area contributed by atoms with Crippen LogP contribution in [0.5, 0.6) is 0 Å². The normalized spacial score (nSPS) is 17.8. The first kappa shape index (κ1) is 31.4. The average Bonchev–Trinajstić information content (AvgIpc) is 3.59. The molecule has 2 heterocycles. The lowest BCUT2D eigenvalue weighted by atomic mass is 9.99. The molecule has 1 fully saturated rings. The fraction of sp³-hybridized carbons (Fsp3) is 0.257. The van der Waals surface area contributed by atoms with E-state index in [1.165, 1.54) is 0 Å². The summed E-state index contributed by atoms with van der Waals surface area (Å²) in [5.41, 5.74) is 6.82. The smallest absolute Gasteiger partial charge is 0.315 e. The number of aliphatic hydroxyl groups excluding tert-OH is 1. The summed E-state index contributed by atoms with van der Waals surface area (Å²) < 4.78 is 14.8. The van der Waals surface area contributed by atoms with E-state index in [0.29, 0.717) is 30.4 Å². The van der Waals surface area contributed by atoms with Crippen LogP contribution in [0.1, 0.15) is 48.0 Å². The third-order valence-electron chi connectivity index (χ3n) is 7.69. The lowest BCUT2D eigenvalue weighted by molar-refractivity contribution is -0.245. The first-order chi connectivity index (χ1) is 22.6. The minimum absolute atomic E-state index is 0.00705. The van der Waals surface area contributed by atoms with E-state index < -0.39 is 6.29 Å². The Morgan fingerprint density at radius 3 is 2.43 bits per heavy atom. The zero-order chi connectivity index (χ0) is 31.7. The first-order valence-corrected chi connectivity index (χ1v) is 16.3. The molecule has 236 valence electrons. The summed E-state index contributed by atoms with van der Waals surface area (Å²) in [6.07, 6.45) is -0.255. The van der Waals surface area contributed by atoms with Gasteiger partial charge in [-0.3, -0.25) is 0 Å². The lowest BCUT2D eigenvalue weighted by Gasteiger charge is -2.36. The van der Waals surface area contributed by atoms with Crippen LogP contribution >= 0.6 is 11.8 Å². The van der Waals surface area contributed by atoms with Gasteiger partial charge in [0.15, 0.2) is 6.29 Å². The Hall–Kier alpha value is -4.55. The van der Waals surface area contributed by atoms with E-state index >= 15 is 0 Å². The van der Waals surface area contributed by atoms with E-state index in [2.05, 4.69) is 50.4 Å². The molecule has 1 saturated heterocycles. The number of benzene rings is 4. The van der Waals surface area contributed by atoms with Crippen molar-refractivity contribution in [2.45, 2.75) is 50.2 Å². The molecule has 3 atom stereocenters. The van der Waals surface area contributed by atoms with Crippen molar-refractivity contribution < 1.29 is 19.4 Å². The predicted molar refractivity (Wildman–Crippen MR) is 176 cm³/mol. The Labute approximate surface area is 272 Å². The maximum absolute atomic E-state index is 11.8. The number of thioether (sulfide) groups is 1. The summed E-state index contributed by atoms with van der Waals surface area (Å²) in [7, 11) is 0. The second-order valence-corrected chi connectivity index (χ2v) is 11.9. The number of urea groups is 1. The van der Waals surface area contributed by atoms with Crippen molar-refractivity contribution >= 4 is 17.8 Å². The molecule has 0 spiro atoms. The summed E-state index contributed by atoms with van der Waals surface area (Å²) in [4.78, 5) is 11.8. The molecule has 0 aliphatic carbocycles. The highest BCUT2D eigenvalue weighted by Gasteiger charge is 2.32. The van der Waals surface area contributed by atoms with Crippen molar-refractivity contribution in [1.29, 1.82) is 0 Å². The SMILES string of the molecule is CCNC(=O)NCc1cccc(-c2ccc([C@H]3O[C@@H](CSc4nnnn4-c4ccccc4)C[C@@H](c4ccc(CO)cc4)O3)cc2)c1. The number of amides is 2. The Morgan fingerprint density at radius 1 is 0.891 bits per heavy atom. The first-order valence-electron chi connectivity index (χ1n) is 15.3. The third-order valence-corrected chi connectivity index (χ3v) is 8.74. The molecule has 3 N–H and O–H groups in total. The zero-order valence-corrected chi connectivity index (χ0v) is 26.3. The minimum Gasteiger partial charge on any atom is -0.392 e. The molecule has 46 heavy (non-hydrogen) atoms. The number of rotatable bonds is 11. The quantitative estimate of drug-likeness (QED) is 0.151. The molecule has 10 nitrogen and oxygen atoms in total. The fourth-order valence-corrected chi connectivity index (χ4v) is 6.20. The van der Waals surface area contributed by atoms with Gasteiger partial charge >= 0.3 is 6.03 Å². The fourth-order valence-electron chi connectivity index (χ4n) is 5.29. The van der Waals surface area contributed by atoms with E-state index in [-0.39, 0.29) is 24.8 Å². The number of nitrogens with zero attached hydrogens (tertiary/aromatic N) is 4. The number of aliphatic hydroxyl groups is 1. The Bertz CT molecular complexity index is 1720. The van der Waals surface area contributed by atoms with Gasteiger partial charge in [-0.05, 0) is 63.4 Å². The lowest BCUT2D eigenvalue weighted by Crippen LogP contribution is -2.34. The zero-order valence-electron chi connectivity index (χ0n) is 25.5. The van der Waals surface area contributed by atoms with Crippen molar-refractivity contribution in [3.05, 3.63) is 125 Å². The van der Waals surface area contributed by atoms with E-state index in [1.54, 1.807) is 16.4 Å². The molecule has 0 unspecified atom stereocenters. The molecule has 4 aromatic carbocycles. The van der Waals surface area contributed by atoms with Crippen molar-refractivity contribution in [1.82, 2.24) is 30.8 Å². The van der Waals surface area contributed by atoms with Gasteiger partial charge in [0.25, 0.3) is 0 Å². The molecular weight excluding hydrogens is 600 g/mol. The van der Waals surface area contributed by atoms with Gasteiger partial charge < -0.3 is 25.2 Å². The molecule has 1 aliphatic rings. The number of tetrazole rings is 1. The van der Waals surface area contributed by atoms with Crippen LogP contribution < -0.4 is 10.6 Å². The molecule has 2 amide bonds. The summed E-state index contributed by atoms with van der Waals surface area (Å²) in [6.45, 7) is 2.91. The molecule has 0 bridgehead atoms. The maximum atomic E-state index is 11.8. The molecule has 5 aromatic rings. The molecule has 1 aliphatic heterocycles. The van der Waals surface area contributed by atoms with Crippen molar-refractivity contribution in [3.8, 4) is 16.8 Å². The number of nitrogens with one attached hydrogen (secondary N) is 2. The highest BCUT2D eigenvalue weighted by atomic mass is 32.2. The standard InChI is InChI=1S/C35H36N6O4S/c1-2-36-34(43)37-21-25-7-6-8-29(19-25)26-15-17-28(18-16-26)33-44-31(20-32(45-33)27-13-11-24(22-42)12-14-27)23-46-35-38-39-40-41(35)30-9-4-3-5-10-30/h3-19,31-33,42H,2,20-23H2,1H3,(H2,36,37,43)/t31-,32+,33+/m1/s1. The molecule has 11 heteroatoms. The van der Waals surface area contributed by atoms with Crippen molar-refractivity contribution in [2.75, 3.05) is 12.3 Å². The van der Waals surface area contributed by atoms with Crippen molar-refractivity contribution in [2.24, 2.45) is 0 Å². The van der Waals surface area contributed by atoms with Gasteiger partial charge in [-0.2, -0.15) is 4.68 Å². The van der Waals surface area contributed by atoms with Gasteiger partial charge in [-0.25, -0.2) is 4.79 Å². The molecule has 0 radical (unpaired) electrons. The number of carbonyl (C=O) groups is 1. The summed E-state index contributed by atoms with van der Waals surface area (Å²) in [5.74, 6) is 0.632. The number of hydrogen-bond acceptors (Lipinski definition) is 8. The monoisotopic (exact) mass is 636 g/mol. The second kappa shape index (κ2) is 15.2. The maximum Gasteiger partial charge on any atom is 0.315 e. The van der Waals surface area contributed by atoms with Crippen LogP contribution in [-0.2, 0) is 22.6 Å². The van der Waals surface area contributed by atoms with Crippen LogP contribution in [0, 0.1) is 0 Å². The van der Waals surface area contributed by atoms with Crippen LogP contribution in [0.3, 0.4) is 0 Å². The second-order valence-electron chi connectivity index (χ2n) is 10.9. The molecule has 0 saturated carbocycles. The Balaban J connectivity index is 1.18. The summed E-state index contributed by atoms with van der Waals surface area (Å²) in [5, 5.41) is 28.2. The van der Waals surface area contributed by atoms with Gasteiger partial charge in [0.2, 0.25) is 5.16 Å². The number of aromatic nitrogens is 4. The summed E-state index contributed by atoms with van der Waals surface area (Å²) >= 11 is 1.55.